The number of nitrogens with one attached hydrogen (secondary N) is 1. The number of hydrogen-bond acceptors (Lipinski definition) is 5. The summed E-state index contributed by atoms with van der Waals surface area (Å²) in [5.74, 6) is 1.37. The largest absolute Gasteiger partial charge is 0.423 e. The zero-order valence-corrected chi connectivity index (χ0v) is 10.6. The molecule has 1 fully saturated rings. The second-order valence-electron chi connectivity index (χ2n) is 5.10. The number of nitro groups is 1. The molecular weight excluding hydrogens is 246 g/mol. The highest BCUT2D eigenvalue weighted by molar-refractivity contribution is 5.83. The fraction of sp³-hybridized carbons (Fsp3) is 0.462. The predicted molar refractivity (Wildman–Crippen MR) is 71.0 cm³/mol. The average Bonchev–Trinajstić information content (AvgIpc) is 3.14. The Morgan fingerprint density at radius 1 is 1.58 bits per heavy atom. The monoisotopic (exact) mass is 261 g/mol. The Hall–Kier alpha value is -2.11. The van der Waals surface area contributed by atoms with Gasteiger partial charge in [-0.05, 0) is 30.7 Å². The summed E-state index contributed by atoms with van der Waals surface area (Å²) in [6, 6.07) is 5.07. The van der Waals surface area contributed by atoms with Gasteiger partial charge in [0.25, 0.3) is 11.7 Å². The van der Waals surface area contributed by atoms with Crippen LogP contribution in [0.15, 0.2) is 22.6 Å². The van der Waals surface area contributed by atoms with Crippen LogP contribution in [-0.2, 0) is 0 Å². The molecule has 100 valence electrons. The van der Waals surface area contributed by atoms with Crippen molar-refractivity contribution < 1.29 is 9.34 Å². The van der Waals surface area contributed by atoms with Gasteiger partial charge in [0.1, 0.15) is 0 Å². The van der Waals surface area contributed by atoms with Crippen LogP contribution in [0.1, 0.15) is 19.8 Å². The molecule has 1 aliphatic rings. The van der Waals surface area contributed by atoms with Gasteiger partial charge >= 0.3 is 0 Å². The second kappa shape index (κ2) is 4.53. The van der Waals surface area contributed by atoms with Crippen molar-refractivity contribution in [2.24, 2.45) is 11.8 Å². The Kier molecular flexibility index (Phi) is 2.85. The van der Waals surface area contributed by atoms with E-state index in [1.165, 1.54) is 18.9 Å². The second-order valence-corrected chi connectivity index (χ2v) is 5.10. The van der Waals surface area contributed by atoms with Crippen LogP contribution in [0, 0.1) is 22.0 Å². The predicted octanol–water partition coefficient (Wildman–Crippen LogP) is 3.19. The molecule has 3 rings (SSSR count). The number of para-hydroxylation sites is 1. The molecule has 6 nitrogen and oxygen atoms in total. The Labute approximate surface area is 110 Å². The fourth-order valence-corrected chi connectivity index (χ4v) is 2.24. The van der Waals surface area contributed by atoms with Gasteiger partial charge in [0.15, 0.2) is 11.1 Å². The highest BCUT2D eigenvalue weighted by Crippen LogP contribution is 2.36. The summed E-state index contributed by atoms with van der Waals surface area (Å²) in [4.78, 5) is 14.6. The molecule has 0 spiro atoms. The molecule has 1 atom stereocenters. The van der Waals surface area contributed by atoms with Crippen LogP contribution >= 0.6 is 0 Å². The van der Waals surface area contributed by atoms with Crippen molar-refractivity contribution in [1.29, 1.82) is 0 Å². The van der Waals surface area contributed by atoms with Crippen molar-refractivity contribution in [3.8, 4) is 0 Å². The maximum Gasteiger partial charge on any atom is 0.298 e. The molecule has 19 heavy (non-hydrogen) atoms. The van der Waals surface area contributed by atoms with Gasteiger partial charge in [-0.15, -0.1) is 0 Å². The van der Waals surface area contributed by atoms with E-state index < -0.39 is 4.92 Å². The summed E-state index contributed by atoms with van der Waals surface area (Å²) in [5.41, 5.74) is 0.717. The Morgan fingerprint density at radius 3 is 3.05 bits per heavy atom. The lowest BCUT2D eigenvalue weighted by atomic mass is 10.1. The fourth-order valence-electron chi connectivity index (χ4n) is 2.24. The smallest absolute Gasteiger partial charge is 0.298 e. The number of anilines is 1. The van der Waals surface area contributed by atoms with Gasteiger partial charge in [0.2, 0.25) is 0 Å². The molecule has 2 aromatic rings. The lowest BCUT2D eigenvalue weighted by molar-refractivity contribution is -0.383. The van der Waals surface area contributed by atoms with E-state index in [0.717, 1.165) is 12.5 Å². The van der Waals surface area contributed by atoms with E-state index in [2.05, 4.69) is 17.2 Å². The molecule has 0 bridgehead atoms. The highest BCUT2D eigenvalue weighted by Gasteiger charge is 2.28. The van der Waals surface area contributed by atoms with E-state index in [1.807, 2.05) is 0 Å². The molecule has 1 N–H and O–H groups in total. The van der Waals surface area contributed by atoms with Gasteiger partial charge in [-0.2, -0.15) is 4.98 Å². The number of nitro benzene ring substituents is 1. The van der Waals surface area contributed by atoms with Gasteiger partial charge in [0, 0.05) is 12.6 Å². The molecule has 1 unspecified atom stereocenters. The van der Waals surface area contributed by atoms with E-state index in [9.17, 15) is 10.1 Å². The third-order valence-corrected chi connectivity index (χ3v) is 3.60. The molecule has 0 aliphatic heterocycles. The number of oxazole rings is 1. The van der Waals surface area contributed by atoms with Crippen LogP contribution in [0.3, 0.4) is 0 Å². The van der Waals surface area contributed by atoms with Crippen LogP contribution in [0.5, 0.6) is 0 Å². The zero-order chi connectivity index (χ0) is 13.4. The third-order valence-electron chi connectivity index (χ3n) is 3.60. The van der Waals surface area contributed by atoms with Gasteiger partial charge in [-0.3, -0.25) is 10.1 Å². The first-order chi connectivity index (χ1) is 9.15. The lowest BCUT2D eigenvalue weighted by Gasteiger charge is -2.08. The Bertz CT molecular complexity index is 619. The Balaban J connectivity index is 1.80. The molecule has 1 aromatic carbocycles. The SMILES string of the molecule is CC(CNc1nc2c([N+](=O)[O-])cccc2o1)C1CC1. The van der Waals surface area contributed by atoms with Gasteiger partial charge in [-0.1, -0.05) is 13.0 Å². The number of aromatic nitrogens is 1. The molecular formula is C13H15N3O3. The van der Waals surface area contributed by atoms with Crippen LogP contribution in [0.25, 0.3) is 11.1 Å². The first kappa shape index (κ1) is 12.0. The van der Waals surface area contributed by atoms with E-state index in [4.69, 9.17) is 4.42 Å². The van der Waals surface area contributed by atoms with Crippen LogP contribution in [0.2, 0.25) is 0 Å². The summed E-state index contributed by atoms with van der Waals surface area (Å²) < 4.78 is 5.48. The van der Waals surface area contributed by atoms with Crippen molar-refractivity contribution >= 4 is 22.8 Å². The summed E-state index contributed by atoms with van der Waals surface area (Å²) in [7, 11) is 0. The summed E-state index contributed by atoms with van der Waals surface area (Å²) in [6.45, 7) is 2.97. The molecule has 1 aliphatic carbocycles. The molecule has 6 heteroatoms. The van der Waals surface area contributed by atoms with E-state index in [-0.39, 0.29) is 5.69 Å². The van der Waals surface area contributed by atoms with Crippen LogP contribution in [-0.4, -0.2) is 16.5 Å². The maximum atomic E-state index is 10.9. The van der Waals surface area contributed by atoms with Gasteiger partial charge in [0.05, 0.1) is 4.92 Å². The minimum absolute atomic E-state index is 0.0236. The molecule has 1 aromatic heterocycles. The standard InChI is InChI=1S/C13H15N3O3/c1-8(9-5-6-9)7-14-13-15-12-10(16(17)18)3-2-4-11(12)19-13/h2-4,8-9H,5-7H2,1H3,(H,14,15). The van der Waals surface area contributed by atoms with Gasteiger partial charge < -0.3 is 9.73 Å². The summed E-state index contributed by atoms with van der Waals surface area (Å²) in [5, 5.41) is 14.0. The maximum absolute atomic E-state index is 10.9. The third kappa shape index (κ3) is 2.38. The quantitative estimate of drug-likeness (QED) is 0.660. The summed E-state index contributed by atoms with van der Waals surface area (Å²) in [6.07, 6.45) is 2.59. The number of hydrogen-bond donors (Lipinski definition) is 1. The van der Waals surface area contributed by atoms with E-state index in [0.29, 0.717) is 23.0 Å². The normalized spacial score (nSPS) is 16.5. The molecule has 0 radical (unpaired) electrons. The number of non-ortho nitro benzene ring substituents is 1. The van der Waals surface area contributed by atoms with Crippen molar-refractivity contribution in [2.75, 3.05) is 11.9 Å². The van der Waals surface area contributed by atoms with E-state index in [1.54, 1.807) is 12.1 Å². The molecule has 1 saturated carbocycles. The van der Waals surface area contributed by atoms with Crippen molar-refractivity contribution in [3.63, 3.8) is 0 Å². The molecule has 0 amide bonds. The van der Waals surface area contributed by atoms with Crippen LogP contribution < -0.4 is 5.32 Å². The Morgan fingerprint density at radius 2 is 2.37 bits per heavy atom. The van der Waals surface area contributed by atoms with Crippen molar-refractivity contribution in [3.05, 3.63) is 28.3 Å². The number of fused-ring (bicyclic) bond motifs is 1. The van der Waals surface area contributed by atoms with Crippen LogP contribution in [0.4, 0.5) is 11.7 Å². The minimum atomic E-state index is -0.443. The topological polar surface area (TPSA) is 81.2 Å². The average molecular weight is 261 g/mol. The molecule has 1 heterocycles. The number of rotatable bonds is 5. The highest BCUT2D eigenvalue weighted by atomic mass is 16.6. The number of benzene rings is 1. The lowest BCUT2D eigenvalue weighted by Crippen LogP contribution is -2.12. The zero-order valence-electron chi connectivity index (χ0n) is 10.6. The first-order valence-electron chi connectivity index (χ1n) is 6.43. The van der Waals surface area contributed by atoms with E-state index >= 15 is 0 Å². The molecule has 0 saturated heterocycles. The van der Waals surface area contributed by atoms with Crippen molar-refractivity contribution in [1.82, 2.24) is 4.98 Å². The van der Waals surface area contributed by atoms with Gasteiger partial charge in [-0.25, -0.2) is 0 Å². The van der Waals surface area contributed by atoms with Crippen molar-refractivity contribution in [2.45, 2.75) is 19.8 Å². The minimum Gasteiger partial charge on any atom is -0.423 e. The number of nitrogens with zero attached hydrogens (tertiary/aromatic N) is 2. The summed E-state index contributed by atoms with van der Waals surface area (Å²) >= 11 is 0. The first-order valence-corrected chi connectivity index (χ1v) is 6.43.